The Morgan fingerprint density at radius 3 is 2.67 bits per heavy atom. The molecule has 1 heterocycles. The monoisotopic (exact) mass is 446 g/mol. The molecule has 0 spiro atoms. The number of carbonyl (C=O) groups excluding carboxylic acids is 1. The maximum Gasteiger partial charge on any atom is 0.306 e. The third kappa shape index (κ3) is 6.01. The van der Waals surface area contributed by atoms with Crippen LogP contribution in [0, 0.1) is 0 Å². The van der Waals surface area contributed by atoms with Crippen LogP contribution in [0.5, 0.6) is 11.5 Å². The van der Waals surface area contributed by atoms with Crippen LogP contribution in [0.1, 0.15) is 18.9 Å². The minimum atomic E-state index is -0.936. The molecule has 2 N–H and O–H groups in total. The van der Waals surface area contributed by atoms with Gasteiger partial charge in [-0.1, -0.05) is 17.7 Å². The predicted molar refractivity (Wildman–Crippen MR) is 118 cm³/mol. The first-order valence-electron chi connectivity index (χ1n) is 9.11. The van der Waals surface area contributed by atoms with Gasteiger partial charge in [-0.15, -0.1) is 0 Å². The fraction of sp³-hybridized carbons (Fsp3) is 0.190. The van der Waals surface area contributed by atoms with E-state index in [9.17, 15) is 9.59 Å². The van der Waals surface area contributed by atoms with E-state index in [2.05, 4.69) is 10.3 Å². The van der Waals surface area contributed by atoms with Crippen molar-refractivity contribution in [3.63, 3.8) is 0 Å². The smallest absolute Gasteiger partial charge is 0.306 e. The molecule has 0 atom stereocenters. The molecule has 30 heavy (non-hydrogen) atoms. The Labute approximate surface area is 182 Å². The first-order chi connectivity index (χ1) is 14.4. The lowest BCUT2D eigenvalue weighted by molar-refractivity contribution is -0.137. The van der Waals surface area contributed by atoms with E-state index in [1.807, 2.05) is 6.92 Å². The number of hydrogen-bond donors (Lipinski definition) is 2. The Balaban J connectivity index is 1.76. The number of ether oxygens (including phenoxy) is 2. The Hall–Kier alpha value is -2.97. The molecule has 0 saturated carbocycles. The highest BCUT2D eigenvalue weighted by Crippen LogP contribution is 2.32. The van der Waals surface area contributed by atoms with Gasteiger partial charge in [-0.05, 0) is 66.7 Å². The molecule has 0 aliphatic carbocycles. The standard InChI is InChI=1S/C21H19ClN2O5S/c1-2-28-17-11-13(3-8-16(17)29-10-9-19(25)26)12-18-20(27)24-21(30-18)23-15-6-4-14(22)5-7-15/h3-8,11-12H,2,9-10H2,1H3,(H,25,26)(H,23,24,27)/b18-12+. The van der Waals surface area contributed by atoms with Crippen LogP contribution in [-0.4, -0.2) is 35.4 Å². The van der Waals surface area contributed by atoms with Gasteiger partial charge >= 0.3 is 5.97 Å². The molecular formula is C21H19ClN2O5S. The molecule has 1 fully saturated rings. The van der Waals surface area contributed by atoms with Gasteiger partial charge in [0.2, 0.25) is 0 Å². The summed E-state index contributed by atoms with van der Waals surface area (Å²) in [6.45, 7) is 2.30. The summed E-state index contributed by atoms with van der Waals surface area (Å²) in [7, 11) is 0. The first kappa shape index (κ1) is 21.7. The van der Waals surface area contributed by atoms with Crippen LogP contribution in [0.4, 0.5) is 5.69 Å². The van der Waals surface area contributed by atoms with Crippen LogP contribution in [0.2, 0.25) is 5.02 Å². The lowest BCUT2D eigenvalue weighted by Gasteiger charge is -2.12. The van der Waals surface area contributed by atoms with E-state index in [4.69, 9.17) is 26.2 Å². The first-order valence-corrected chi connectivity index (χ1v) is 10.3. The van der Waals surface area contributed by atoms with Crippen LogP contribution < -0.4 is 14.8 Å². The number of benzene rings is 2. The Bertz CT molecular complexity index is 1000. The summed E-state index contributed by atoms with van der Waals surface area (Å²) in [4.78, 5) is 27.9. The molecule has 156 valence electrons. The van der Waals surface area contributed by atoms with E-state index in [1.165, 1.54) is 11.8 Å². The Kier molecular flexibility index (Phi) is 7.37. The van der Waals surface area contributed by atoms with Crippen LogP contribution in [0.3, 0.4) is 0 Å². The quantitative estimate of drug-likeness (QED) is 0.580. The van der Waals surface area contributed by atoms with Gasteiger partial charge in [0, 0.05) is 5.02 Å². The molecule has 7 nitrogen and oxygen atoms in total. The van der Waals surface area contributed by atoms with Crippen molar-refractivity contribution in [3.05, 3.63) is 58.0 Å². The van der Waals surface area contributed by atoms with Gasteiger partial charge in [0.05, 0.1) is 30.2 Å². The van der Waals surface area contributed by atoms with Crippen molar-refractivity contribution in [2.75, 3.05) is 13.2 Å². The van der Waals surface area contributed by atoms with E-state index >= 15 is 0 Å². The van der Waals surface area contributed by atoms with Gasteiger partial charge in [0.1, 0.15) is 0 Å². The summed E-state index contributed by atoms with van der Waals surface area (Å²) in [6.07, 6.45) is 1.62. The highest BCUT2D eigenvalue weighted by atomic mass is 35.5. The number of amidine groups is 1. The van der Waals surface area contributed by atoms with Crippen LogP contribution >= 0.6 is 23.4 Å². The van der Waals surface area contributed by atoms with E-state index in [1.54, 1.807) is 48.5 Å². The zero-order chi connectivity index (χ0) is 21.5. The van der Waals surface area contributed by atoms with Crippen molar-refractivity contribution < 1.29 is 24.2 Å². The number of amides is 1. The molecular weight excluding hydrogens is 428 g/mol. The molecule has 1 aliphatic rings. The van der Waals surface area contributed by atoms with Gasteiger partial charge in [-0.3, -0.25) is 9.59 Å². The Morgan fingerprint density at radius 1 is 1.20 bits per heavy atom. The van der Waals surface area contributed by atoms with Gasteiger partial charge in [0.15, 0.2) is 16.7 Å². The fourth-order valence-corrected chi connectivity index (χ4v) is 3.48. The molecule has 0 bridgehead atoms. The van der Waals surface area contributed by atoms with E-state index in [0.29, 0.717) is 38.9 Å². The van der Waals surface area contributed by atoms with Crippen LogP contribution in [0.15, 0.2) is 52.4 Å². The van der Waals surface area contributed by atoms with Crippen molar-refractivity contribution in [2.45, 2.75) is 13.3 Å². The third-order valence-corrected chi connectivity index (χ3v) is 5.01. The van der Waals surface area contributed by atoms with Gasteiger partial charge in [-0.2, -0.15) is 0 Å². The zero-order valence-electron chi connectivity index (χ0n) is 16.1. The zero-order valence-corrected chi connectivity index (χ0v) is 17.6. The number of thioether (sulfide) groups is 1. The summed E-state index contributed by atoms with van der Waals surface area (Å²) in [6, 6.07) is 12.2. The Morgan fingerprint density at radius 2 is 1.97 bits per heavy atom. The molecule has 3 rings (SSSR count). The predicted octanol–water partition coefficient (Wildman–Crippen LogP) is 4.48. The topological polar surface area (TPSA) is 97.2 Å². The van der Waals surface area contributed by atoms with Crippen molar-refractivity contribution in [3.8, 4) is 11.5 Å². The summed E-state index contributed by atoms with van der Waals surface area (Å²) in [5, 5.41) is 12.6. The maximum absolute atomic E-state index is 12.3. The number of nitrogens with zero attached hydrogens (tertiary/aromatic N) is 1. The minimum absolute atomic E-state index is 0.0403. The number of nitrogens with one attached hydrogen (secondary N) is 1. The van der Waals surface area contributed by atoms with Crippen LogP contribution in [-0.2, 0) is 9.59 Å². The number of aliphatic carboxylic acids is 1. The largest absolute Gasteiger partial charge is 0.490 e. The SMILES string of the molecule is CCOc1cc(/C=C2/SC(=Nc3ccc(Cl)cc3)NC2=O)ccc1OCCC(=O)O. The summed E-state index contributed by atoms with van der Waals surface area (Å²) >= 11 is 7.11. The van der Waals surface area contributed by atoms with E-state index in [0.717, 1.165) is 5.56 Å². The molecule has 0 radical (unpaired) electrons. The second-order valence-corrected chi connectivity index (χ2v) is 7.56. The highest BCUT2D eigenvalue weighted by molar-refractivity contribution is 8.18. The van der Waals surface area contributed by atoms with Crippen molar-refractivity contribution in [1.82, 2.24) is 5.32 Å². The summed E-state index contributed by atoms with van der Waals surface area (Å²) in [5.41, 5.74) is 1.43. The number of carbonyl (C=O) groups is 2. The summed E-state index contributed by atoms with van der Waals surface area (Å²) in [5.74, 6) is -0.244. The fourth-order valence-electron chi connectivity index (χ4n) is 2.52. The average Bonchev–Trinajstić information content (AvgIpc) is 3.04. The highest BCUT2D eigenvalue weighted by Gasteiger charge is 2.24. The van der Waals surface area contributed by atoms with Gasteiger partial charge in [-0.25, -0.2) is 4.99 Å². The average molecular weight is 447 g/mol. The molecule has 2 aromatic carbocycles. The second kappa shape index (κ2) is 10.2. The number of hydrogen-bond acceptors (Lipinski definition) is 6. The maximum atomic E-state index is 12.3. The van der Waals surface area contributed by atoms with E-state index < -0.39 is 5.97 Å². The molecule has 1 amide bonds. The van der Waals surface area contributed by atoms with Crippen molar-refractivity contribution >= 4 is 52.2 Å². The lowest BCUT2D eigenvalue weighted by atomic mass is 10.2. The number of rotatable bonds is 8. The van der Waals surface area contributed by atoms with Crippen LogP contribution in [0.25, 0.3) is 6.08 Å². The lowest BCUT2D eigenvalue weighted by Crippen LogP contribution is -2.19. The van der Waals surface area contributed by atoms with Gasteiger partial charge in [0.25, 0.3) is 5.91 Å². The van der Waals surface area contributed by atoms with Crippen molar-refractivity contribution in [2.24, 2.45) is 4.99 Å². The van der Waals surface area contributed by atoms with E-state index in [-0.39, 0.29) is 18.9 Å². The van der Waals surface area contributed by atoms with Gasteiger partial charge < -0.3 is 19.9 Å². The second-order valence-electron chi connectivity index (χ2n) is 6.09. The number of carboxylic acids is 1. The normalized spacial score (nSPS) is 16.0. The minimum Gasteiger partial charge on any atom is -0.490 e. The molecule has 0 aromatic heterocycles. The molecule has 1 saturated heterocycles. The number of aliphatic imine (C=N–C) groups is 1. The van der Waals surface area contributed by atoms with Crippen molar-refractivity contribution in [1.29, 1.82) is 0 Å². The summed E-state index contributed by atoms with van der Waals surface area (Å²) < 4.78 is 11.1. The molecule has 0 unspecified atom stereocenters. The number of carboxylic acid groups (broad SMARTS) is 1. The number of halogens is 1. The molecule has 9 heteroatoms. The molecule has 1 aliphatic heterocycles. The third-order valence-electron chi connectivity index (χ3n) is 3.85. The molecule has 2 aromatic rings.